The molecule has 1 rings (SSSR count). The average Bonchev–Trinajstić information content (AvgIpc) is 2.73. The lowest BCUT2D eigenvalue weighted by Gasteiger charge is -2.18. The number of nitrogens with one attached hydrogen (secondary N) is 1. The van der Waals surface area contributed by atoms with Crippen LogP contribution in [0.25, 0.3) is 0 Å². The van der Waals surface area contributed by atoms with Crippen molar-refractivity contribution in [1.82, 2.24) is 10.4 Å². The Morgan fingerprint density at radius 3 is 2.68 bits per heavy atom. The number of ether oxygens (including phenoxy) is 1. The number of alkyl halides is 4. The van der Waals surface area contributed by atoms with Crippen LogP contribution in [0.2, 0.25) is 0 Å². The molecule has 9 heteroatoms. The van der Waals surface area contributed by atoms with E-state index in [1.54, 1.807) is 0 Å². The van der Waals surface area contributed by atoms with E-state index < -0.39 is 25.0 Å². The number of nitrogens with two attached hydrogens (primary N) is 1. The molecule has 1 atom stereocenters. The Bertz CT molecular complexity index is 389. The van der Waals surface area contributed by atoms with Crippen LogP contribution < -0.4 is 11.3 Å². The Morgan fingerprint density at radius 1 is 1.53 bits per heavy atom. The Balaban J connectivity index is 2.37. The molecule has 1 unspecified atom stereocenters. The molecule has 0 bridgehead atoms. The van der Waals surface area contributed by atoms with Gasteiger partial charge in [-0.25, -0.2) is 13.8 Å². The molecule has 0 radical (unpaired) electrons. The van der Waals surface area contributed by atoms with Crippen LogP contribution in [0, 0.1) is 6.92 Å². The van der Waals surface area contributed by atoms with E-state index in [0.717, 1.165) is 10.7 Å². The van der Waals surface area contributed by atoms with Gasteiger partial charge in [-0.1, -0.05) is 0 Å². The molecule has 0 spiro atoms. The van der Waals surface area contributed by atoms with Crippen LogP contribution in [-0.2, 0) is 11.2 Å². The molecule has 4 nitrogen and oxygen atoms in total. The number of rotatable bonds is 8. The molecule has 1 heterocycles. The number of aryl methyl sites for hydroxylation is 1. The normalized spacial score (nSPS) is 14.1. The first-order chi connectivity index (χ1) is 8.85. The highest BCUT2D eigenvalue weighted by molar-refractivity contribution is 7.09. The molecule has 3 N–H and O–H groups in total. The van der Waals surface area contributed by atoms with Crippen molar-refractivity contribution in [2.75, 3.05) is 13.2 Å². The first-order valence-corrected chi connectivity index (χ1v) is 6.34. The van der Waals surface area contributed by atoms with Gasteiger partial charge in [-0.05, 0) is 6.92 Å². The molecule has 0 saturated carbocycles. The lowest BCUT2D eigenvalue weighted by molar-refractivity contribution is -0.167. The van der Waals surface area contributed by atoms with Crippen molar-refractivity contribution in [3.8, 4) is 0 Å². The standard InChI is InChI=1S/C10H15F4N3OS/c1-6-16-8(4-19-6)2-7(17-15)3-18-5-10(13,14)9(11)12/h4,7,9,17H,2-3,5,15H2,1H3. The molecule has 1 aromatic rings. The van der Waals surface area contributed by atoms with Crippen LogP contribution in [0.4, 0.5) is 17.6 Å². The van der Waals surface area contributed by atoms with E-state index >= 15 is 0 Å². The van der Waals surface area contributed by atoms with E-state index in [0.29, 0.717) is 6.42 Å². The van der Waals surface area contributed by atoms with Crippen molar-refractivity contribution in [1.29, 1.82) is 0 Å². The van der Waals surface area contributed by atoms with Gasteiger partial charge in [0.2, 0.25) is 0 Å². The van der Waals surface area contributed by atoms with Crippen molar-refractivity contribution in [2.24, 2.45) is 5.84 Å². The molecule has 0 aliphatic heterocycles. The highest BCUT2D eigenvalue weighted by atomic mass is 32.1. The SMILES string of the molecule is Cc1nc(CC(COCC(F)(F)C(F)F)NN)cs1. The third kappa shape index (κ3) is 5.39. The van der Waals surface area contributed by atoms with Gasteiger partial charge in [-0.2, -0.15) is 8.78 Å². The minimum absolute atomic E-state index is 0.199. The van der Waals surface area contributed by atoms with Gasteiger partial charge in [-0.15, -0.1) is 11.3 Å². The minimum atomic E-state index is -4.14. The molecular formula is C10H15F4N3OS. The molecule has 0 saturated heterocycles. The minimum Gasteiger partial charge on any atom is -0.373 e. The third-order valence-corrected chi connectivity index (χ3v) is 3.11. The second kappa shape index (κ2) is 7.13. The van der Waals surface area contributed by atoms with Crippen LogP contribution in [0.1, 0.15) is 10.7 Å². The van der Waals surface area contributed by atoms with Gasteiger partial charge in [0.1, 0.15) is 6.61 Å². The van der Waals surface area contributed by atoms with E-state index in [2.05, 4.69) is 15.1 Å². The van der Waals surface area contributed by atoms with Gasteiger partial charge in [0.15, 0.2) is 0 Å². The van der Waals surface area contributed by atoms with E-state index in [4.69, 9.17) is 5.84 Å². The van der Waals surface area contributed by atoms with Gasteiger partial charge in [0, 0.05) is 17.8 Å². The first kappa shape index (κ1) is 16.3. The summed E-state index contributed by atoms with van der Waals surface area (Å²) in [5.41, 5.74) is 3.13. The molecule has 0 aromatic carbocycles. The second-order valence-corrected chi connectivity index (χ2v) is 5.06. The maximum Gasteiger partial charge on any atom is 0.330 e. The Hall–Kier alpha value is -0.770. The Labute approximate surface area is 111 Å². The summed E-state index contributed by atoms with van der Waals surface area (Å²) in [5, 5.41) is 2.68. The molecule has 19 heavy (non-hydrogen) atoms. The van der Waals surface area contributed by atoms with Crippen LogP contribution >= 0.6 is 11.3 Å². The van der Waals surface area contributed by atoms with Gasteiger partial charge < -0.3 is 4.74 Å². The molecular weight excluding hydrogens is 286 g/mol. The first-order valence-electron chi connectivity index (χ1n) is 5.46. The van der Waals surface area contributed by atoms with Crippen LogP contribution in [0.3, 0.4) is 0 Å². The number of thiazole rings is 1. The number of halogens is 4. The predicted molar refractivity (Wildman–Crippen MR) is 63.4 cm³/mol. The van der Waals surface area contributed by atoms with Crippen LogP contribution in [0.15, 0.2) is 5.38 Å². The molecule has 0 aliphatic rings. The zero-order valence-electron chi connectivity index (χ0n) is 10.2. The molecule has 110 valence electrons. The smallest absolute Gasteiger partial charge is 0.330 e. The van der Waals surface area contributed by atoms with Crippen molar-refractivity contribution in [3.63, 3.8) is 0 Å². The molecule has 0 aliphatic carbocycles. The summed E-state index contributed by atoms with van der Waals surface area (Å²) >= 11 is 1.45. The summed E-state index contributed by atoms with van der Waals surface area (Å²) in [6.07, 6.45) is -3.36. The lowest BCUT2D eigenvalue weighted by Crippen LogP contribution is -2.42. The van der Waals surface area contributed by atoms with E-state index in [1.165, 1.54) is 11.3 Å². The average molecular weight is 301 g/mol. The maximum absolute atomic E-state index is 12.6. The maximum atomic E-state index is 12.6. The quantitative estimate of drug-likeness (QED) is 0.436. The summed E-state index contributed by atoms with van der Waals surface area (Å²) < 4.78 is 53.6. The van der Waals surface area contributed by atoms with Crippen LogP contribution in [0.5, 0.6) is 0 Å². The third-order valence-electron chi connectivity index (χ3n) is 2.29. The zero-order chi connectivity index (χ0) is 14.5. The summed E-state index contributed by atoms with van der Waals surface area (Å²) in [7, 11) is 0. The molecule has 1 aromatic heterocycles. The van der Waals surface area contributed by atoms with Crippen molar-refractivity contribution in [3.05, 3.63) is 16.1 Å². The summed E-state index contributed by atoms with van der Waals surface area (Å²) in [6.45, 7) is 0.299. The largest absolute Gasteiger partial charge is 0.373 e. The van der Waals surface area contributed by atoms with E-state index in [-0.39, 0.29) is 6.61 Å². The number of nitrogens with zero attached hydrogens (tertiary/aromatic N) is 1. The fourth-order valence-corrected chi connectivity index (χ4v) is 1.95. The number of hydrazine groups is 1. The number of hydrogen-bond donors (Lipinski definition) is 2. The second-order valence-electron chi connectivity index (χ2n) is 4.00. The highest BCUT2D eigenvalue weighted by Gasteiger charge is 2.41. The summed E-state index contributed by atoms with van der Waals surface area (Å²) in [4.78, 5) is 4.18. The zero-order valence-corrected chi connectivity index (χ0v) is 11.0. The topological polar surface area (TPSA) is 60.2 Å². The Morgan fingerprint density at radius 2 is 2.21 bits per heavy atom. The fourth-order valence-electron chi connectivity index (χ4n) is 1.32. The van der Waals surface area contributed by atoms with Gasteiger partial charge in [-0.3, -0.25) is 11.3 Å². The fraction of sp³-hybridized carbons (Fsp3) is 0.700. The number of hydrogen-bond acceptors (Lipinski definition) is 5. The molecule has 0 amide bonds. The predicted octanol–water partition coefficient (Wildman–Crippen LogP) is 1.74. The van der Waals surface area contributed by atoms with E-state index in [1.807, 2.05) is 12.3 Å². The monoisotopic (exact) mass is 301 g/mol. The van der Waals surface area contributed by atoms with Crippen molar-refractivity contribution >= 4 is 11.3 Å². The van der Waals surface area contributed by atoms with Gasteiger partial charge in [0.25, 0.3) is 0 Å². The van der Waals surface area contributed by atoms with Crippen molar-refractivity contribution < 1.29 is 22.3 Å². The lowest BCUT2D eigenvalue weighted by atomic mass is 10.2. The van der Waals surface area contributed by atoms with Gasteiger partial charge >= 0.3 is 12.3 Å². The van der Waals surface area contributed by atoms with E-state index in [9.17, 15) is 17.6 Å². The summed E-state index contributed by atoms with van der Waals surface area (Å²) in [6, 6.07) is -0.463. The Kier molecular flexibility index (Phi) is 6.11. The molecule has 0 fully saturated rings. The van der Waals surface area contributed by atoms with Crippen LogP contribution in [-0.4, -0.2) is 36.6 Å². The summed E-state index contributed by atoms with van der Waals surface area (Å²) in [5.74, 6) is 1.10. The van der Waals surface area contributed by atoms with Gasteiger partial charge in [0.05, 0.1) is 17.3 Å². The van der Waals surface area contributed by atoms with Crippen molar-refractivity contribution in [2.45, 2.75) is 31.7 Å². The number of aromatic nitrogens is 1. The highest BCUT2D eigenvalue weighted by Crippen LogP contribution is 2.22.